The van der Waals surface area contributed by atoms with Crippen LogP contribution in [0.5, 0.6) is 0 Å². The summed E-state index contributed by atoms with van der Waals surface area (Å²) in [6.07, 6.45) is 1.88. The summed E-state index contributed by atoms with van der Waals surface area (Å²) in [4.78, 5) is 237. The number of aliphatic hydroxyl groups is 3. The highest BCUT2D eigenvalue weighted by molar-refractivity contribution is 6.00. The van der Waals surface area contributed by atoms with Gasteiger partial charge in [0.15, 0.2) is 52.6 Å². The molecule has 646 valence electrons. The second kappa shape index (κ2) is 58.7. The minimum atomic E-state index is -1.98. The van der Waals surface area contributed by atoms with Crippen molar-refractivity contribution < 1.29 is 107 Å². The van der Waals surface area contributed by atoms with E-state index in [4.69, 9.17) is 51.6 Å². The first-order chi connectivity index (χ1) is 53.6. The van der Waals surface area contributed by atoms with E-state index >= 15 is 0 Å². The zero-order chi connectivity index (χ0) is 86.6. The Morgan fingerprint density at radius 1 is 0.333 bits per heavy atom. The summed E-state index contributed by atoms with van der Waals surface area (Å²) < 4.78 is 0. The van der Waals surface area contributed by atoms with E-state index in [1.165, 1.54) is 51.9 Å². The van der Waals surface area contributed by atoms with Gasteiger partial charge in [0, 0.05) is 102 Å². The smallest absolute Gasteiger partial charge is 0.305 e. The number of ketones is 6. The number of nitrogens with zero attached hydrogens (tertiary/aromatic N) is 3. The number of carboxylic acid groups (broad SMARTS) is 2. The molecule has 0 heterocycles. The minimum Gasteiger partial charge on any atom is -0.481 e. The number of carbonyl (C=O) groups is 17. The van der Waals surface area contributed by atoms with E-state index in [1.54, 1.807) is 0 Å². The molecule has 0 aromatic rings. The van der Waals surface area contributed by atoms with Crippen LogP contribution < -0.4 is 83.5 Å². The van der Waals surface area contributed by atoms with Gasteiger partial charge in [-0.15, -0.1) is 0 Å². The van der Waals surface area contributed by atoms with Crippen molar-refractivity contribution in [3.8, 4) is 0 Å². The second-order valence-corrected chi connectivity index (χ2v) is 28.9. The number of rotatable bonds is 69. The van der Waals surface area contributed by atoms with Crippen molar-refractivity contribution in [2.75, 3.05) is 26.2 Å². The predicted molar refractivity (Wildman–Crippen MR) is 418 cm³/mol. The maximum absolute atomic E-state index is 14.1. The molecule has 29 N–H and O–H groups in total. The first kappa shape index (κ1) is 104. The van der Waals surface area contributed by atoms with Crippen LogP contribution in [-0.2, 0) is 81.5 Å². The Labute approximate surface area is 664 Å². The molecular weight excluding hydrogens is 1490 g/mol. The number of primary amides is 3. The van der Waals surface area contributed by atoms with E-state index in [0.29, 0.717) is 6.42 Å². The van der Waals surface area contributed by atoms with E-state index in [0.717, 1.165) is 46.0 Å². The molecule has 40 nitrogen and oxygen atoms in total. The molecule has 0 rings (SSSR count). The lowest BCUT2D eigenvalue weighted by Gasteiger charge is -2.26. The zero-order valence-electron chi connectivity index (χ0n) is 66.4. The molecule has 0 bridgehead atoms. The van der Waals surface area contributed by atoms with Crippen LogP contribution in [0.4, 0.5) is 0 Å². The highest BCUT2D eigenvalue weighted by Gasteiger charge is 2.39. The number of unbranched alkanes of at least 4 members (excludes halogenated alkanes) is 12. The van der Waals surface area contributed by atoms with Crippen molar-refractivity contribution in [3.63, 3.8) is 0 Å². The van der Waals surface area contributed by atoms with Crippen molar-refractivity contribution in [1.29, 1.82) is 0 Å². The van der Waals surface area contributed by atoms with Crippen molar-refractivity contribution in [3.05, 3.63) is 0 Å². The average molecular weight is 1620 g/mol. The van der Waals surface area contributed by atoms with Crippen LogP contribution in [0, 0.1) is 29.6 Å². The molecule has 13 atom stereocenters. The number of carbonyl (C=O) groups excluding carboxylic acids is 15. The van der Waals surface area contributed by atoms with Crippen molar-refractivity contribution in [2.24, 2.45) is 96.2 Å². The number of hydrogen-bond donors (Lipinski definition) is 20. The Hall–Kier alpha value is -10.1. The van der Waals surface area contributed by atoms with Gasteiger partial charge in [-0.25, -0.2) is 0 Å². The Kier molecular flexibility index (Phi) is 53.5. The first-order valence-corrected chi connectivity index (χ1v) is 39.0. The van der Waals surface area contributed by atoms with Gasteiger partial charge < -0.3 is 109 Å². The Morgan fingerprint density at radius 2 is 0.737 bits per heavy atom. The topological polar surface area (TPSA) is 735 Å². The third-order valence-corrected chi connectivity index (χ3v) is 18.9. The van der Waals surface area contributed by atoms with Crippen LogP contribution >= 0.6 is 0 Å². The number of aliphatic hydroxyl groups excluding tert-OH is 3. The standard InChI is InChI=1S/C74H128N18O22/c1-5-6-7-8-9-10-11-12-13-14-15-16-17-24-62(104)88-50(21-18-31-84-72(78)79)56(98)35-46(26-30-64(106)107)68(111)92-66(44(4)95)59(101)36-47(38-61(76)103)69(112)87-42(2)54(96)27-29-63(105)89-51(22-19-32-85-73(80)81)57(99)37-48(41-93)70(113)91-53(40-65(108)109)58(100)39-49(43(3)94)71(114)90-52(23-20-33-86-74(82)83)55(97)34-45(67(77)110)25-28-60(75)102/h42-53,66,93-95H,5-41H2,1-4H3,(H2,75,102)(H2,76,103)(H2,77,110)(H,87,112)(H,88,104)(H,89,105)(H,90,114)(H,91,113)(H,92,111)(H,106,107)(H,108,109)(H4,78,79,84)(H4,80,81,85)(H4,82,83,86)/t42-,43+,44+,45+,46+,47-,48-,49-,50-,51-,52-,53-,66-/m0/s1. The van der Waals surface area contributed by atoms with Gasteiger partial charge in [-0.2, -0.15) is 0 Å². The maximum atomic E-state index is 14.1. The highest BCUT2D eigenvalue weighted by atomic mass is 16.4. The Morgan fingerprint density at radius 3 is 1.16 bits per heavy atom. The van der Waals surface area contributed by atoms with E-state index in [9.17, 15) is 107 Å². The highest BCUT2D eigenvalue weighted by Crippen LogP contribution is 2.23. The van der Waals surface area contributed by atoms with Crippen molar-refractivity contribution in [1.82, 2.24) is 31.9 Å². The number of nitrogens with one attached hydrogen (secondary N) is 6. The molecule has 0 radical (unpaired) electrons. The van der Waals surface area contributed by atoms with Gasteiger partial charge in [-0.3, -0.25) is 96.5 Å². The number of aliphatic imine (C=N–C) groups is 3. The summed E-state index contributed by atoms with van der Waals surface area (Å²) >= 11 is 0. The molecule has 0 aliphatic rings. The number of carboxylic acids is 2. The maximum Gasteiger partial charge on any atom is 0.305 e. The molecule has 0 aliphatic heterocycles. The van der Waals surface area contributed by atoms with Gasteiger partial charge in [-0.1, -0.05) is 84.0 Å². The van der Waals surface area contributed by atoms with Crippen LogP contribution in [0.3, 0.4) is 0 Å². The van der Waals surface area contributed by atoms with Crippen LogP contribution in [0.2, 0.25) is 0 Å². The lowest BCUT2D eigenvalue weighted by Crippen LogP contribution is -2.51. The van der Waals surface area contributed by atoms with Gasteiger partial charge in [-0.05, 0) is 78.6 Å². The molecule has 0 aromatic carbocycles. The molecule has 0 spiro atoms. The number of guanidine groups is 3. The predicted octanol–water partition coefficient (Wildman–Crippen LogP) is -2.50. The van der Waals surface area contributed by atoms with Crippen LogP contribution in [0.1, 0.15) is 240 Å². The van der Waals surface area contributed by atoms with Crippen molar-refractivity contribution >= 4 is 118 Å². The quantitative estimate of drug-likeness (QED) is 0.0170. The fourth-order valence-electron chi connectivity index (χ4n) is 12.3. The molecule has 0 aromatic heterocycles. The monoisotopic (exact) mass is 1620 g/mol. The normalized spacial score (nSPS) is 14.5. The molecule has 0 unspecified atom stereocenters. The fourth-order valence-corrected chi connectivity index (χ4v) is 12.3. The molecular formula is C74H128N18O22. The van der Waals surface area contributed by atoms with E-state index in [2.05, 4.69) is 53.8 Å². The zero-order valence-corrected chi connectivity index (χ0v) is 66.4. The molecule has 0 saturated heterocycles. The van der Waals surface area contributed by atoms with Gasteiger partial charge in [0.1, 0.15) is 6.04 Å². The van der Waals surface area contributed by atoms with Gasteiger partial charge >= 0.3 is 11.9 Å². The van der Waals surface area contributed by atoms with E-state index in [1.807, 2.05) is 0 Å². The lowest BCUT2D eigenvalue weighted by molar-refractivity contribution is -0.142. The molecule has 114 heavy (non-hydrogen) atoms. The largest absolute Gasteiger partial charge is 0.481 e. The number of nitrogens with two attached hydrogens (primary N) is 9. The summed E-state index contributed by atoms with van der Waals surface area (Å²) in [6, 6.07) is -9.39. The first-order valence-electron chi connectivity index (χ1n) is 39.0. The summed E-state index contributed by atoms with van der Waals surface area (Å²) in [5.41, 5.74) is 48.8. The third kappa shape index (κ3) is 48.1. The second-order valence-electron chi connectivity index (χ2n) is 28.9. The number of amides is 9. The Bertz CT molecular complexity index is 3250. The summed E-state index contributed by atoms with van der Waals surface area (Å²) in [5.74, 6) is -25.8. The minimum absolute atomic E-state index is 0.00243. The van der Waals surface area contributed by atoms with Gasteiger partial charge in [0.05, 0.1) is 73.2 Å². The molecule has 40 heteroatoms. The average Bonchev–Trinajstić information content (AvgIpc) is 0.854. The molecule has 0 saturated carbocycles. The lowest BCUT2D eigenvalue weighted by atomic mass is 9.89. The molecule has 0 fully saturated rings. The Balaban J connectivity index is 6.45. The molecule has 9 amide bonds. The fraction of sp³-hybridized carbons (Fsp3) is 0.730. The van der Waals surface area contributed by atoms with Crippen LogP contribution in [0.25, 0.3) is 0 Å². The van der Waals surface area contributed by atoms with E-state index < -0.39 is 255 Å². The van der Waals surface area contributed by atoms with Gasteiger partial charge in [0.25, 0.3) is 0 Å². The van der Waals surface area contributed by atoms with Gasteiger partial charge in [0.2, 0.25) is 53.2 Å². The number of hydrogen-bond acceptors (Lipinski definition) is 23. The third-order valence-electron chi connectivity index (χ3n) is 18.9. The van der Waals surface area contributed by atoms with Crippen LogP contribution in [-0.4, -0.2) is 218 Å². The number of aliphatic carboxylic acids is 2. The summed E-state index contributed by atoms with van der Waals surface area (Å²) in [6.45, 7) is 4.40. The van der Waals surface area contributed by atoms with Crippen molar-refractivity contribution in [2.45, 2.75) is 288 Å². The SMILES string of the molecule is CCCCCCCCCCCCCCCC(=O)N[C@@H](CCCN=C(N)N)C(=O)C[C@@H](CCC(=O)O)C(=O)N[C@H](C(=O)C[C@@H](CC(N)=O)C(=O)N[C@@H](C)C(=O)CCC(=O)N[C@@H](CCCN=C(N)N)C(=O)C[C@@H](CO)C(=O)N[C@@H](CC(=O)O)C(=O)C[C@H](C(=O)N[C@@H](CCCN=C(N)N)C(=O)C[C@@H](CCC(N)=O)C(N)=O)[C@@H](C)O)[C@@H](C)O. The van der Waals surface area contributed by atoms with Crippen LogP contribution in [0.15, 0.2) is 15.0 Å². The van der Waals surface area contributed by atoms with E-state index in [-0.39, 0.29) is 95.3 Å². The summed E-state index contributed by atoms with van der Waals surface area (Å²) in [7, 11) is 0. The molecule has 0 aliphatic carbocycles. The summed E-state index contributed by atoms with van der Waals surface area (Å²) in [5, 5.41) is 66.0. The number of Topliss-reactive ketones (excluding diaryl/α,β-unsaturated/α-hetero) is 6.